The minimum absolute atomic E-state index is 0.0933. The normalized spacial score (nSPS) is 20.6. The van der Waals surface area contributed by atoms with Gasteiger partial charge in [0.1, 0.15) is 17.4 Å². The molecule has 0 spiro atoms. The van der Waals surface area contributed by atoms with Crippen molar-refractivity contribution in [1.29, 1.82) is 0 Å². The molecule has 0 saturated carbocycles. The SMILES string of the molecule is CN1CCC(c2ccc(F)cc2)(n2ccc(=O)n2C)C(c2ccnc(Oc3cccc(F)c3)n2)C1. The van der Waals surface area contributed by atoms with Gasteiger partial charge in [0.05, 0.1) is 11.2 Å². The Kier molecular flexibility index (Phi) is 5.94. The summed E-state index contributed by atoms with van der Waals surface area (Å²) in [4.78, 5) is 23.6. The maximum Gasteiger partial charge on any atom is 0.322 e. The number of ether oxygens (including phenoxy) is 1. The first kappa shape index (κ1) is 22.9. The van der Waals surface area contributed by atoms with E-state index in [0.29, 0.717) is 24.4 Å². The van der Waals surface area contributed by atoms with Crippen LogP contribution in [0.4, 0.5) is 8.78 Å². The van der Waals surface area contributed by atoms with Crippen molar-refractivity contribution in [2.24, 2.45) is 7.05 Å². The predicted octanol–water partition coefficient (Wildman–Crippen LogP) is 3.91. The lowest BCUT2D eigenvalue weighted by molar-refractivity contribution is 0.106. The highest BCUT2D eigenvalue weighted by molar-refractivity contribution is 5.34. The van der Waals surface area contributed by atoms with Crippen LogP contribution in [0, 0.1) is 11.6 Å². The number of benzene rings is 2. The summed E-state index contributed by atoms with van der Waals surface area (Å²) >= 11 is 0. The molecule has 7 nitrogen and oxygen atoms in total. The number of likely N-dealkylation sites (tertiary alicyclic amines) is 1. The maximum atomic E-state index is 13.9. The fourth-order valence-corrected chi connectivity index (χ4v) is 5.00. The number of nitrogens with zero attached hydrogens (tertiary/aromatic N) is 5. The summed E-state index contributed by atoms with van der Waals surface area (Å²) < 4.78 is 36.8. The van der Waals surface area contributed by atoms with E-state index in [0.717, 1.165) is 12.1 Å². The second kappa shape index (κ2) is 9.07. The molecule has 4 aromatic rings. The zero-order valence-electron chi connectivity index (χ0n) is 19.4. The van der Waals surface area contributed by atoms with Crippen molar-refractivity contribution in [3.8, 4) is 11.8 Å². The molecule has 1 aliphatic rings. The first-order valence-corrected chi connectivity index (χ1v) is 11.3. The molecule has 3 heterocycles. The minimum atomic E-state index is -0.720. The molecule has 180 valence electrons. The highest BCUT2D eigenvalue weighted by atomic mass is 19.1. The average Bonchev–Trinajstić information content (AvgIpc) is 3.18. The van der Waals surface area contributed by atoms with Crippen LogP contribution >= 0.6 is 0 Å². The molecule has 0 amide bonds. The van der Waals surface area contributed by atoms with Crippen LogP contribution in [0.15, 0.2) is 77.9 Å². The highest BCUT2D eigenvalue weighted by Crippen LogP contribution is 2.46. The van der Waals surface area contributed by atoms with Crippen LogP contribution in [0.5, 0.6) is 11.8 Å². The van der Waals surface area contributed by atoms with E-state index in [2.05, 4.69) is 9.88 Å². The summed E-state index contributed by atoms with van der Waals surface area (Å²) in [6, 6.07) is 15.6. The third-order valence-electron chi connectivity index (χ3n) is 6.72. The topological polar surface area (TPSA) is 65.2 Å². The molecule has 1 fully saturated rings. The Bertz CT molecular complexity index is 1400. The quantitative estimate of drug-likeness (QED) is 0.436. The Morgan fingerprint density at radius 3 is 2.54 bits per heavy atom. The monoisotopic (exact) mass is 477 g/mol. The molecule has 9 heteroatoms. The van der Waals surface area contributed by atoms with Gasteiger partial charge in [-0.15, -0.1) is 0 Å². The van der Waals surface area contributed by atoms with Gasteiger partial charge in [-0.3, -0.25) is 14.2 Å². The van der Waals surface area contributed by atoms with Crippen molar-refractivity contribution in [3.05, 3.63) is 106 Å². The molecule has 0 radical (unpaired) electrons. The Labute approximate surface area is 201 Å². The first-order valence-electron chi connectivity index (χ1n) is 11.3. The molecule has 35 heavy (non-hydrogen) atoms. The summed E-state index contributed by atoms with van der Waals surface area (Å²) in [5.41, 5.74) is 0.710. The lowest BCUT2D eigenvalue weighted by Crippen LogP contribution is -2.53. The third kappa shape index (κ3) is 4.23. The van der Waals surface area contributed by atoms with Crippen LogP contribution in [0.3, 0.4) is 0 Å². The van der Waals surface area contributed by atoms with E-state index in [-0.39, 0.29) is 23.3 Å². The minimum Gasteiger partial charge on any atom is -0.424 e. The predicted molar refractivity (Wildman–Crippen MR) is 127 cm³/mol. The number of piperidine rings is 1. The van der Waals surface area contributed by atoms with Gasteiger partial charge in [-0.1, -0.05) is 18.2 Å². The third-order valence-corrected chi connectivity index (χ3v) is 6.72. The summed E-state index contributed by atoms with van der Waals surface area (Å²) in [6.45, 7) is 1.39. The molecule has 0 bridgehead atoms. The van der Waals surface area contributed by atoms with Gasteiger partial charge in [0.25, 0.3) is 5.56 Å². The van der Waals surface area contributed by atoms with Gasteiger partial charge in [0.2, 0.25) is 0 Å². The van der Waals surface area contributed by atoms with Crippen LogP contribution in [-0.4, -0.2) is 44.4 Å². The Morgan fingerprint density at radius 2 is 1.83 bits per heavy atom. The van der Waals surface area contributed by atoms with Crippen molar-refractivity contribution < 1.29 is 13.5 Å². The van der Waals surface area contributed by atoms with Crippen LogP contribution in [-0.2, 0) is 12.6 Å². The number of hydrogen-bond donors (Lipinski definition) is 0. The molecule has 2 aromatic carbocycles. The summed E-state index contributed by atoms with van der Waals surface area (Å²) in [7, 11) is 3.75. The average molecular weight is 478 g/mol. The molecule has 1 aliphatic heterocycles. The van der Waals surface area contributed by atoms with E-state index >= 15 is 0 Å². The molecule has 0 N–H and O–H groups in total. The number of aromatic nitrogens is 4. The largest absolute Gasteiger partial charge is 0.424 e. The van der Waals surface area contributed by atoms with Crippen molar-refractivity contribution in [2.75, 3.05) is 20.1 Å². The lowest BCUT2D eigenvalue weighted by Gasteiger charge is -2.48. The van der Waals surface area contributed by atoms with E-state index in [9.17, 15) is 13.6 Å². The summed E-state index contributed by atoms with van der Waals surface area (Å²) in [5, 5.41) is 0. The van der Waals surface area contributed by atoms with Gasteiger partial charge >= 0.3 is 6.01 Å². The van der Waals surface area contributed by atoms with E-state index in [1.54, 1.807) is 48.4 Å². The summed E-state index contributed by atoms with van der Waals surface area (Å²) in [6.07, 6.45) is 4.04. The molecule has 5 rings (SSSR count). The Morgan fingerprint density at radius 1 is 1.03 bits per heavy atom. The second-order valence-electron chi connectivity index (χ2n) is 8.84. The van der Waals surface area contributed by atoms with Crippen LogP contribution in [0.25, 0.3) is 0 Å². The molecular formula is C26H25F2N5O2. The van der Waals surface area contributed by atoms with Gasteiger partial charge < -0.3 is 9.64 Å². The van der Waals surface area contributed by atoms with Gasteiger partial charge in [-0.2, -0.15) is 4.98 Å². The van der Waals surface area contributed by atoms with Crippen LogP contribution < -0.4 is 10.3 Å². The molecule has 0 aliphatic carbocycles. The number of hydrogen-bond acceptors (Lipinski definition) is 5. The lowest BCUT2D eigenvalue weighted by atomic mass is 9.71. The van der Waals surface area contributed by atoms with Gasteiger partial charge in [-0.25, -0.2) is 13.8 Å². The molecule has 1 saturated heterocycles. The fourth-order valence-electron chi connectivity index (χ4n) is 5.00. The number of likely N-dealkylation sites (N-methyl/N-ethyl adjacent to an activating group) is 1. The van der Waals surface area contributed by atoms with E-state index in [4.69, 9.17) is 9.72 Å². The molecular weight excluding hydrogens is 452 g/mol. The Hall–Kier alpha value is -3.85. The zero-order chi connectivity index (χ0) is 24.6. The standard InChI is InChI=1S/C26H25F2N5O2/c1-31-15-12-26(18-6-8-19(27)9-7-18,33-14-11-24(34)32(33)2)22(17-31)23-10-13-29-25(30-23)35-21-5-3-4-20(28)16-21/h3-11,13-14,16,22H,12,15,17H2,1-2H3. The van der Waals surface area contributed by atoms with Crippen LogP contribution in [0.1, 0.15) is 23.6 Å². The zero-order valence-corrected chi connectivity index (χ0v) is 19.4. The van der Waals surface area contributed by atoms with Crippen molar-refractivity contribution in [2.45, 2.75) is 17.9 Å². The first-order chi connectivity index (χ1) is 16.9. The van der Waals surface area contributed by atoms with E-state index in [1.807, 2.05) is 17.8 Å². The second-order valence-corrected chi connectivity index (χ2v) is 8.84. The fraction of sp³-hybridized carbons (Fsp3) is 0.269. The van der Waals surface area contributed by atoms with Gasteiger partial charge in [-0.05, 0) is 49.4 Å². The van der Waals surface area contributed by atoms with E-state index in [1.165, 1.54) is 30.3 Å². The maximum absolute atomic E-state index is 13.9. The van der Waals surface area contributed by atoms with Crippen molar-refractivity contribution in [3.63, 3.8) is 0 Å². The van der Waals surface area contributed by atoms with Gasteiger partial charge in [0.15, 0.2) is 0 Å². The van der Waals surface area contributed by atoms with Crippen molar-refractivity contribution >= 4 is 0 Å². The van der Waals surface area contributed by atoms with E-state index < -0.39 is 11.4 Å². The summed E-state index contributed by atoms with van der Waals surface area (Å²) in [5.74, 6) is -0.693. The van der Waals surface area contributed by atoms with Crippen LogP contribution in [0.2, 0.25) is 0 Å². The van der Waals surface area contributed by atoms with Crippen molar-refractivity contribution in [1.82, 2.24) is 24.2 Å². The Balaban J connectivity index is 1.65. The molecule has 2 atom stereocenters. The molecule has 2 aromatic heterocycles. The highest BCUT2D eigenvalue weighted by Gasteiger charge is 2.48. The number of halogens is 2. The van der Waals surface area contributed by atoms with Gasteiger partial charge in [0, 0.05) is 50.6 Å². The number of rotatable bonds is 5. The smallest absolute Gasteiger partial charge is 0.322 e. The molecule has 2 unspecified atom stereocenters.